The first-order chi connectivity index (χ1) is 8.24. The summed E-state index contributed by atoms with van der Waals surface area (Å²) in [6.45, 7) is 1.84. The Balaban J connectivity index is 2.04. The standard InChI is InChI=1S/C13H13FN2O/c1-16-7-6-12-11(8-16)13(17-15-12)9-2-4-10(14)5-3-9/h2-5H,6-8H2,1H3. The van der Waals surface area contributed by atoms with Crippen LogP contribution in [0.3, 0.4) is 0 Å². The van der Waals surface area contributed by atoms with Crippen molar-refractivity contribution in [3.8, 4) is 11.3 Å². The Labute approximate surface area is 98.8 Å². The van der Waals surface area contributed by atoms with E-state index < -0.39 is 0 Å². The number of hydrogen-bond acceptors (Lipinski definition) is 3. The van der Waals surface area contributed by atoms with Crippen LogP contribution in [0.4, 0.5) is 4.39 Å². The van der Waals surface area contributed by atoms with E-state index in [4.69, 9.17) is 4.52 Å². The Bertz CT molecular complexity index is 533. The van der Waals surface area contributed by atoms with Gasteiger partial charge in [0.1, 0.15) is 5.82 Å². The number of likely N-dealkylation sites (N-methyl/N-ethyl adjacent to an activating group) is 1. The van der Waals surface area contributed by atoms with Crippen LogP contribution < -0.4 is 0 Å². The number of nitrogens with zero attached hydrogens (tertiary/aromatic N) is 2. The van der Waals surface area contributed by atoms with Crippen molar-refractivity contribution in [3.63, 3.8) is 0 Å². The van der Waals surface area contributed by atoms with Crippen molar-refractivity contribution in [1.29, 1.82) is 0 Å². The van der Waals surface area contributed by atoms with Gasteiger partial charge in [0.05, 0.1) is 5.69 Å². The van der Waals surface area contributed by atoms with Crippen molar-refractivity contribution < 1.29 is 8.91 Å². The molecule has 3 nitrogen and oxygen atoms in total. The fourth-order valence-corrected chi connectivity index (χ4v) is 2.18. The molecule has 1 aromatic heterocycles. The summed E-state index contributed by atoms with van der Waals surface area (Å²) in [6.07, 6.45) is 0.913. The lowest BCUT2D eigenvalue weighted by atomic mass is 10.0. The van der Waals surface area contributed by atoms with Crippen LogP contribution in [0.1, 0.15) is 11.3 Å². The monoisotopic (exact) mass is 232 g/mol. The van der Waals surface area contributed by atoms with Crippen LogP contribution in [0, 0.1) is 5.82 Å². The SMILES string of the molecule is CN1CCc2noc(-c3ccc(F)cc3)c2C1. The summed E-state index contributed by atoms with van der Waals surface area (Å²) in [7, 11) is 2.07. The van der Waals surface area contributed by atoms with E-state index in [1.54, 1.807) is 12.1 Å². The molecule has 1 aliphatic heterocycles. The van der Waals surface area contributed by atoms with Crippen LogP contribution in [0.25, 0.3) is 11.3 Å². The van der Waals surface area contributed by atoms with Gasteiger partial charge in [0.15, 0.2) is 5.76 Å². The van der Waals surface area contributed by atoms with Gasteiger partial charge in [-0.25, -0.2) is 4.39 Å². The van der Waals surface area contributed by atoms with Gasteiger partial charge in [-0.05, 0) is 31.3 Å². The van der Waals surface area contributed by atoms with E-state index >= 15 is 0 Å². The molecule has 0 N–H and O–H groups in total. The molecule has 0 bridgehead atoms. The molecule has 0 atom stereocenters. The van der Waals surface area contributed by atoms with Crippen molar-refractivity contribution in [1.82, 2.24) is 10.1 Å². The van der Waals surface area contributed by atoms with E-state index in [0.29, 0.717) is 0 Å². The zero-order valence-electron chi connectivity index (χ0n) is 9.61. The molecule has 3 rings (SSSR count). The van der Waals surface area contributed by atoms with Crippen molar-refractivity contribution >= 4 is 0 Å². The number of halogens is 1. The highest BCUT2D eigenvalue weighted by Crippen LogP contribution is 2.29. The van der Waals surface area contributed by atoms with Crippen LogP contribution in [0.2, 0.25) is 0 Å². The van der Waals surface area contributed by atoms with E-state index in [2.05, 4.69) is 17.1 Å². The Morgan fingerprint density at radius 1 is 1.29 bits per heavy atom. The quantitative estimate of drug-likeness (QED) is 0.756. The lowest BCUT2D eigenvalue weighted by Crippen LogP contribution is -2.26. The molecule has 0 radical (unpaired) electrons. The second kappa shape index (κ2) is 3.96. The van der Waals surface area contributed by atoms with Gasteiger partial charge in [0.25, 0.3) is 0 Å². The summed E-state index contributed by atoms with van der Waals surface area (Å²) in [4.78, 5) is 2.23. The highest BCUT2D eigenvalue weighted by Gasteiger charge is 2.22. The number of hydrogen-bond donors (Lipinski definition) is 0. The Morgan fingerprint density at radius 3 is 2.82 bits per heavy atom. The van der Waals surface area contributed by atoms with Gasteiger partial charge in [-0.15, -0.1) is 0 Å². The number of benzene rings is 1. The maximum atomic E-state index is 12.9. The predicted octanol–water partition coefficient (Wildman–Crippen LogP) is 2.47. The molecule has 0 aliphatic carbocycles. The molecule has 2 heterocycles. The van der Waals surface area contributed by atoms with Gasteiger partial charge in [0.2, 0.25) is 0 Å². The van der Waals surface area contributed by atoms with E-state index in [9.17, 15) is 4.39 Å². The average molecular weight is 232 g/mol. The first-order valence-corrected chi connectivity index (χ1v) is 5.66. The first kappa shape index (κ1) is 10.5. The highest BCUT2D eigenvalue weighted by molar-refractivity contribution is 5.62. The molecule has 0 saturated heterocycles. The largest absolute Gasteiger partial charge is 0.356 e. The zero-order chi connectivity index (χ0) is 11.8. The number of rotatable bonds is 1. The molecule has 1 aliphatic rings. The summed E-state index contributed by atoms with van der Waals surface area (Å²) >= 11 is 0. The van der Waals surface area contributed by atoms with Gasteiger partial charge in [0, 0.05) is 30.6 Å². The molecular formula is C13H13FN2O. The molecule has 0 fully saturated rings. The van der Waals surface area contributed by atoms with Crippen molar-refractivity contribution in [2.75, 3.05) is 13.6 Å². The topological polar surface area (TPSA) is 29.3 Å². The molecular weight excluding hydrogens is 219 g/mol. The second-order valence-corrected chi connectivity index (χ2v) is 4.43. The van der Waals surface area contributed by atoms with E-state index in [-0.39, 0.29) is 5.82 Å². The molecule has 1 aromatic carbocycles. The van der Waals surface area contributed by atoms with Crippen LogP contribution in [0.5, 0.6) is 0 Å². The van der Waals surface area contributed by atoms with Gasteiger partial charge in [-0.2, -0.15) is 0 Å². The molecule has 17 heavy (non-hydrogen) atoms. The van der Waals surface area contributed by atoms with Gasteiger partial charge >= 0.3 is 0 Å². The maximum absolute atomic E-state index is 12.9. The average Bonchev–Trinajstić information content (AvgIpc) is 2.73. The summed E-state index contributed by atoms with van der Waals surface area (Å²) in [6, 6.07) is 6.34. The van der Waals surface area contributed by atoms with Crippen LogP contribution in [-0.4, -0.2) is 23.6 Å². The van der Waals surface area contributed by atoms with Gasteiger partial charge in [-0.3, -0.25) is 0 Å². The third-order valence-electron chi connectivity index (χ3n) is 3.13. The van der Waals surface area contributed by atoms with Crippen molar-refractivity contribution in [2.24, 2.45) is 0 Å². The fraction of sp³-hybridized carbons (Fsp3) is 0.308. The Hall–Kier alpha value is -1.68. The molecule has 2 aromatic rings. The van der Waals surface area contributed by atoms with E-state index in [1.807, 2.05) is 0 Å². The molecule has 88 valence electrons. The Morgan fingerprint density at radius 2 is 2.06 bits per heavy atom. The molecule has 0 unspecified atom stereocenters. The summed E-state index contributed by atoms with van der Waals surface area (Å²) in [5, 5.41) is 4.09. The van der Waals surface area contributed by atoms with Crippen LogP contribution in [-0.2, 0) is 13.0 Å². The molecule has 0 amide bonds. The minimum atomic E-state index is -0.237. The van der Waals surface area contributed by atoms with Gasteiger partial charge < -0.3 is 9.42 Å². The lowest BCUT2D eigenvalue weighted by Gasteiger charge is -2.21. The smallest absolute Gasteiger partial charge is 0.171 e. The fourth-order valence-electron chi connectivity index (χ4n) is 2.18. The molecule has 0 spiro atoms. The first-order valence-electron chi connectivity index (χ1n) is 5.66. The summed E-state index contributed by atoms with van der Waals surface area (Å²) < 4.78 is 18.3. The Kier molecular flexibility index (Phi) is 2.44. The van der Waals surface area contributed by atoms with Crippen LogP contribution >= 0.6 is 0 Å². The highest BCUT2D eigenvalue weighted by atomic mass is 19.1. The second-order valence-electron chi connectivity index (χ2n) is 4.43. The molecule has 4 heteroatoms. The summed E-state index contributed by atoms with van der Waals surface area (Å²) in [5.74, 6) is 0.533. The van der Waals surface area contributed by atoms with Crippen molar-refractivity contribution in [3.05, 3.63) is 41.3 Å². The maximum Gasteiger partial charge on any atom is 0.171 e. The normalized spacial score (nSPS) is 15.9. The third kappa shape index (κ3) is 1.85. The minimum Gasteiger partial charge on any atom is -0.356 e. The van der Waals surface area contributed by atoms with Crippen LogP contribution in [0.15, 0.2) is 28.8 Å². The van der Waals surface area contributed by atoms with Gasteiger partial charge in [-0.1, -0.05) is 5.16 Å². The molecule has 0 saturated carbocycles. The number of aromatic nitrogens is 1. The van der Waals surface area contributed by atoms with E-state index in [1.165, 1.54) is 12.1 Å². The third-order valence-corrected chi connectivity index (χ3v) is 3.13. The zero-order valence-corrected chi connectivity index (χ0v) is 9.61. The summed E-state index contributed by atoms with van der Waals surface area (Å²) in [5.41, 5.74) is 3.04. The minimum absolute atomic E-state index is 0.237. The number of fused-ring (bicyclic) bond motifs is 1. The van der Waals surface area contributed by atoms with Crippen molar-refractivity contribution in [2.45, 2.75) is 13.0 Å². The van der Waals surface area contributed by atoms with E-state index in [0.717, 1.165) is 42.1 Å². The lowest BCUT2D eigenvalue weighted by molar-refractivity contribution is 0.311. The predicted molar refractivity (Wildman–Crippen MR) is 61.9 cm³/mol.